The predicted octanol–water partition coefficient (Wildman–Crippen LogP) is 4.63. The Morgan fingerprint density at radius 1 is 1.11 bits per heavy atom. The largest absolute Gasteiger partial charge is 0.382 e. The molecule has 0 radical (unpaired) electrons. The summed E-state index contributed by atoms with van der Waals surface area (Å²) >= 11 is 3.53. The zero-order valence-corrected chi connectivity index (χ0v) is 12.8. The van der Waals surface area contributed by atoms with Gasteiger partial charge in [0.2, 0.25) is 0 Å². The van der Waals surface area contributed by atoms with E-state index in [0.717, 1.165) is 17.6 Å². The summed E-state index contributed by atoms with van der Waals surface area (Å²) in [5, 5.41) is 3.47. The molecule has 0 aromatic heterocycles. The standard InChI is InChI=1S/C16H17BrN2/c1-11-4-3-5-15(12(11)2)19-9-8-18-14-10-13(17)6-7-16(14)19/h3-7,10,18H,8-9H2,1-2H3. The molecule has 2 nitrogen and oxygen atoms in total. The summed E-state index contributed by atoms with van der Waals surface area (Å²) in [6, 6.07) is 12.9. The van der Waals surface area contributed by atoms with Crippen LogP contribution in [0, 0.1) is 13.8 Å². The summed E-state index contributed by atoms with van der Waals surface area (Å²) in [5.74, 6) is 0. The molecule has 0 aliphatic carbocycles. The second kappa shape index (κ2) is 4.89. The number of anilines is 3. The molecule has 2 aromatic rings. The van der Waals surface area contributed by atoms with Crippen LogP contribution in [0.25, 0.3) is 0 Å². The second-order valence-corrected chi connectivity index (χ2v) is 5.87. The number of benzene rings is 2. The van der Waals surface area contributed by atoms with Crippen molar-refractivity contribution in [3.63, 3.8) is 0 Å². The fourth-order valence-electron chi connectivity index (χ4n) is 2.59. The summed E-state index contributed by atoms with van der Waals surface area (Å²) in [6.45, 7) is 6.34. The number of rotatable bonds is 1. The van der Waals surface area contributed by atoms with E-state index in [-0.39, 0.29) is 0 Å². The first-order valence-corrected chi connectivity index (χ1v) is 7.33. The van der Waals surface area contributed by atoms with Crippen molar-refractivity contribution >= 4 is 33.0 Å². The van der Waals surface area contributed by atoms with Gasteiger partial charge in [-0.3, -0.25) is 0 Å². The van der Waals surface area contributed by atoms with Gasteiger partial charge in [0.25, 0.3) is 0 Å². The minimum Gasteiger partial charge on any atom is -0.382 e. The zero-order valence-electron chi connectivity index (χ0n) is 11.2. The summed E-state index contributed by atoms with van der Waals surface area (Å²) in [4.78, 5) is 2.40. The summed E-state index contributed by atoms with van der Waals surface area (Å²) < 4.78 is 1.11. The van der Waals surface area contributed by atoms with Crippen molar-refractivity contribution in [1.29, 1.82) is 0 Å². The van der Waals surface area contributed by atoms with Crippen LogP contribution in [0.15, 0.2) is 40.9 Å². The SMILES string of the molecule is Cc1cccc(N2CCNc3cc(Br)ccc32)c1C. The van der Waals surface area contributed by atoms with Gasteiger partial charge in [-0.05, 0) is 49.2 Å². The number of fused-ring (bicyclic) bond motifs is 1. The highest BCUT2D eigenvalue weighted by Gasteiger charge is 2.19. The number of hydrogen-bond donors (Lipinski definition) is 1. The van der Waals surface area contributed by atoms with E-state index in [1.54, 1.807) is 0 Å². The Balaban J connectivity index is 2.11. The Kier molecular flexibility index (Phi) is 3.23. The molecule has 0 spiro atoms. The summed E-state index contributed by atoms with van der Waals surface area (Å²) in [7, 11) is 0. The molecule has 3 heteroatoms. The molecule has 3 rings (SSSR count). The molecule has 0 atom stereocenters. The highest BCUT2D eigenvalue weighted by molar-refractivity contribution is 9.10. The maximum absolute atomic E-state index is 3.53. The van der Waals surface area contributed by atoms with Gasteiger partial charge in [0.1, 0.15) is 0 Å². The number of nitrogens with zero attached hydrogens (tertiary/aromatic N) is 1. The number of nitrogens with one attached hydrogen (secondary N) is 1. The van der Waals surface area contributed by atoms with Gasteiger partial charge < -0.3 is 10.2 Å². The van der Waals surface area contributed by atoms with Crippen molar-refractivity contribution in [3.8, 4) is 0 Å². The molecule has 0 saturated carbocycles. The van der Waals surface area contributed by atoms with Crippen molar-refractivity contribution in [2.24, 2.45) is 0 Å². The minimum absolute atomic E-state index is 0.969. The van der Waals surface area contributed by atoms with Crippen LogP contribution in [-0.2, 0) is 0 Å². The van der Waals surface area contributed by atoms with Crippen LogP contribution in [-0.4, -0.2) is 13.1 Å². The van der Waals surface area contributed by atoms with Crippen LogP contribution >= 0.6 is 15.9 Å². The first-order valence-electron chi connectivity index (χ1n) is 6.54. The van der Waals surface area contributed by atoms with Crippen LogP contribution in [0.4, 0.5) is 17.1 Å². The van der Waals surface area contributed by atoms with Crippen molar-refractivity contribution in [3.05, 3.63) is 52.0 Å². The normalized spacial score (nSPS) is 13.9. The molecule has 2 aromatic carbocycles. The van der Waals surface area contributed by atoms with Crippen LogP contribution in [0.5, 0.6) is 0 Å². The predicted molar refractivity (Wildman–Crippen MR) is 85.6 cm³/mol. The average Bonchev–Trinajstić information content (AvgIpc) is 2.41. The Hall–Kier alpha value is -1.48. The lowest BCUT2D eigenvalue weighted by Crippen LogP contribution is -2.30. The van der Waals surface area contributed by atoms with Crippen LogP contribution in [0.2, 0.25) is 0 Å². The fraction of sp³-hybridized carbons (Fsp3) is 0.250. The Labute approximate surface area is 122 Å². The maximum Gasteiger partial charge on any atom is 0.0648 e. The molecule has 0 fully saturated rings. The molecule has 98 valence electrons. The number of halogens is 1. The van der Waals surface area contributed by atoms with E-state index in [9.17, 15) is 0 Å². The molecule has 1 heterocycles. The van der Waals surface area contributed by atoms with Crippen molar-refractivity contribution in [2.45, 2.75) is 13.8 Å². The summed E-state index contributed by atoms with van der Waals surface area (Å²) in [6.07, 6.45) is 0. The minimum atomic E-state index is 0.969. The van der Waals surface area contributed by atoms with Gasteiger partial charge in [-0.25, -0.2) is 0 Å². The Bertz CT molecular complexity index is 622. The van der Waals surface area contributed by atoms with Crippen molar-refractivity contribution < 1.29 is 0 Å². The van der Waals surface area contributed by atoms with Crippen LogP contribution in [0.3, 0.4) is 0 Å². The third-order valence-corrected chi connectivity index (χ3v) is 4.26. The Morgan fingerprint density at radius 2 is 1.95 bits per heavy atom. The topological polar surface area (TPSA) is 15.3 Å². The van der Waals surface area contributed by atoms with Crippen molar-refractivity contribution in [2.75, 3.05) is 23.3 Å². The second-order valence-electron chi connectivity index (χ2n) is 4.96. The molecule has 0 saturated heterocycles. The maximum atomic E-state index is 3.53. The first-order chi connectivity index (χ1) is 9.16. The van der Waals surface area contributed by atoms with Gasteiger partial charge in [0.05, 0.1) is 11.4 Å². The molecule has 1 N–H and O–H groups in total. The number of hydrogen-bond acceptors (Lipinski definition) is 2. The van der Waals surface area contributed by atoms with Crippen LogP contribution in [0.1, 0.15) is 11.1 Å². The highest BCUT2D eigenvalue weighted by Crippen LogP contribution is 2.38. The van der Waals surface area contributed by atoms with E-state index in [1.165, 1.54) is 28.2 Å². The Morgan fingerprint density at radius 3 is 2.79 bits per heavy atom. The van der Waals surface area contributed by atoms with Gasteiger partial charge in [-0.1, -0.05) is 28.1 Å². The lowest BCUT2D eigenvalue weighted by molar-refractivity contribution is 0.921. The van der Waals surface area contributed by atoms with Gasteiger partial charge >= 0.3 is 0 Å². The summed E-state index contributed by atoms with van der Waals surface area (Å²) in [5.41, 5.74) is 6.46. The molecule has 1 aliphatic heterocycles. The highest BCUT2D eigenvalue weighted by atomic mass is 79.9. The van der Waals surface area contributed by atoms with Gasteiger partial charge in [-0.2, -0.15) is 0 Å². The van der Waals surface area contributed by atoms with Crippen molar-refractivity contribution in [1.82, 2.24) is 0 Å². The lowest BCUT2D eigenvalue weighted by atomic mass is 10.1. The molecular formula is C16H17BrN2. The van der Waals surface area contributed by atoms with Gasteiger partial charge in [-0.15, -0.1) is 0 Å². The molecule has 0 unspecified atom stereocenters. The smallest absolute Gasteiger partial charge is 0.0648 e. The van der Waals surface area contributed by atoms with E-state index in [4.69, 9.17) is 0 Å². The number of aryl methyl sites for hydroxylation is 1. The third kappa shape index (κ3) is 2.23. The molecule has 1 aliphatic rings. The zero-order chi connectivity index (χ0) is 13.4. The first kappa shape index (κ1) is 12.5. The molecule has 0 bridgehead atoms. The van der Waals surface area contributed by atoms with E-state index < -0.39 is 0 Å². The van der Waals surface area contributed by atoms with Crippen LogP contribution < -0.4 is 10.2 Å². The van der Waals surface area contributed by atoms with E-state index in [1.807, 2.05) is 0 Å². The fourth-order valence-corrected chi connectivity index (χ4v) is 2.95. The molecule has 0 amide bonds. The third-order valence-electron chi connectivity index (χ3n) is 3.77. The van der Waals surface area contributed by atoms with E-state index in [0.29, 0.717) is 0 Å². The van der Waals surface area contributed by atoms with E-state index in [2.05, 4.69) is 76.4 Å². The lowest BCUT2D eigenvalue weighted by Gasteiger charge is -2.33. The van der Waals surface area contributed by atoms with Gasteiger partial charge in [0.15, 0.2) is 0 Å². The monoisotopic (exact) mass is 316 g/mol. The molecule has 19 heavy (non-hydrogen) atoms. The molecular weight excluding hydrogens is 300 g/mol. The van der Waals surface area contributed by atoms with E-state index >= 15 is 0 Å². The quantitative estimate of drug-likeness (QED) is 0.825. The van der Waals surface area contributed by atoms with Gasteiger partial charge in [0, 0.05) is 23.2 Å². The average molecular weight is 317 g/mol.